The molecule has 1 aromatic carbocycles. The monoisotopic (exact) mass is 407 g/mol. The van der Waals surface area contributed by atoms with Crippen molar-refractivity contribution in [3.8, 4) is 5.75 Å². The Morgan fingerprint density at radius 1 is 1.00 bits per heavy atom. The van der Waals surface area contributed by atoms with E-state index < -0.39 is 24.5 Å². The highest BCUT2D eigenvalue weighted by Crippen LogP contribution is 2.31. The quantitative estimate of drug-likeness (QED) is 0.442. The van der Waals surface area contributed by atoms with Gasteiger partial charge in [0.2, 0.25) is 0 Å². The number of pyridine rings is 1. The Morgan fingerprint density at radius 3 is 2.48 bits per heavy atom. The predicted octanol–water partition coefficient (Wildman–Crippen LogP) is 4.98. The van der Waals surface area contributed by atoms with Crippen LogP contribution in [-0.2, 0) is 11.9 Å². The number of benzene rings is 1. The summed E-state index contributed by atoms with van der Waals surface area (Å²) in [6.07, 6.45) is -8.04. The molecule has 0 unspecified atom stereocenters. The van der Waals surface area contributed by atoms with E-state index >= 15 is 0 Å². The van der Waals surface area contributed by atoms with E-state index in [2.05, 4.69) is 14.9 Å². The second-order valence-corrected chi connectivity index (χ2v) is 6.41. The molecule has 0 saturated heterocycles. The van der Waals surface area contributed by atoms with Crippen LogP contribution in [0, 0.1) is 0 Å². The summed E-state index contributed by atoms with van der Waals surface area (Å²) in [6, 6.07) is 8.15. The summed E-state index contributed by atoms with van der Waals surface area (Å²) in [6.45, 7) is -1.40. The molecule has 0 spiro atoms. The largest absolute Gasteiger partial charge is 0.484 e. The number of nitrogens with zero attached hydrogens (tertiary/aromatic N) is 3. The molecule has 0 N–H and O–H groups in total. The number of ether oxygens (including phenoxy) is 1. The standard InChI is InChI=1S/C16H11F6N3OS/c17-15(18,19)9-26-12-3-1-2-10(6-12)8-27-14-24-23-13-5-4-11(7-25(13)14)16(20,21)22/h1-7H,8-9H2. The van der Waals surface area contributed by atoms with Crippen molar-refractivity contribution in [3.05, 3.63) is 53.7 Å². The summed E-state index contributed by atoms with van der Waals surface area (Å²) in [5, 5.41) is 7.89. The van der Waals surface area contributed by atoms with Crippen molar-refractivity contribution >= 4 is 17.4 Å². The molecule has 3 aromatic rings. The van der Waals surface area contributed by atoms with E-state index in [0.29, 0.717) is 5.56 Å². The van der Waals surface area contributed by atoms with Crippen LogP contribution in [0.2, 0.25) is 0 Å². The van der Waals surface area contributed by atoms with Crippen molar-refractivity contribution in [2.75, 3.05) is 6.61 Å². The van der Waals surface area contributed by atoms with Gasteiger partial charge in [-0.25, -0.2) is 0 Å². The molecular weight excluding hydrogens is 396 g/mol. The van der Waals surface area contributed by atoms with Crippen LogP contribution in [0.4, 0.5) is 26.3 Å². The fraction of sp³-hybridized carbons (Fsp3) is 0.250. The fourth-order valence-corrected chi connectivity index (χ4v) is 3.03. The maximum absolute atomic E-state index is 12.9. The van der Waals surface area contributed by atoms with Gasteiger partial charge in [-0.15, -0.1) is 10.2 Å². The second-order valence-electron chi connectivity index (χ2n) is 5.47. The highest BCUT2D eigenvalue weighted by atomic mass is 32.2. The van der Waals surface area contributed by atoms with E-state index in [1.54, 1.807) is 6.07 Å². The van der Waals surface area contributed by atoms with Crippen LogP contribution >= 0.6 is 11.8 Å². The van der Waals surface area contributed by atoms with Crippen molar-refractivity contribution in [2.45, 2.75) is 23.3 Å². The Labute approximate surface area is 153 Å². The SMILES string of the molecule is FC(F)(F)COc1cccc(CSc2nnc3ccc(C(F)(F)F)cn23)c1. The number of thioether (sulfide) groups is 1. The molecule has 3 rings (SSSR count). The first-order valence-electron chi connectivity index (χ1n) is 7.45. The number of alkyl halides is 6. The lowest BCUT2D eigenvalue weighted by atomic mass is 10.2. The van der Waals surface area contributed by atoms with Gasteiger partial charge in [-0.3, -0.25) is 4.40 Å². The zero-order valence-electron chi connectivity index (χ0n) is 13.4. The maximum atomic E-state index is 12.9. The first kappa shape index (κ1) is 19.3. The highest BCUT2D eigenvalue weighted by Gasteiger charge is 2.31. The normalized spacial score (nSPS) is 12.5. The molecule has 0 amide bonds. The van der Waals surface area contributed by atoms with Crippen LogP contribution in [-0.4, -0.2) is 27.4 Å². The molecule has 0 fully saturated rings. The van der Waals surface area contributed by atoms with Gasteiger partial charge >= 0.3 is 12.4 Å². The van der Waals surface area contributed by atoms with Crippen LogP contribution < -0.4 is 4.74 Å². The van der Waals surface area contributed by atoms with E-state index in [4.69, 9.17) is 0 Å². The Balaban J connectivity index is 1.73. The molecule has 2 heterocycles. The van der Waals surface area contributed by atoms with Gasteiger partial charge in [-0.05, 0) is 29.8 Å². The minimum atomic E-state index is -4.50. The Kier molecular flexibility index (Phi) is 5.22. The van der Waals surface area contributed by atoms with Gasteiger partial charge in [-0.1, -0.05) is 23.9 Å². The minimum absolute atomic E-state index is 0.0517. The van der Waals surface area contributed by atoms with Crippen LogP contribution in [0.3, 0.4) is 0 Å². The minimum Gasteiger partial charge on any atom is -0.484 e. The molecule has 0 aliphatic rings. The van der Waals surface area contributed by atoms with Crippen LogP contribution in [0.1, 0.15) is 11.1 Å². The lowest BCUT2D eigenvalue weighted by molar-refractivity contribution is -0.153. The van der Waals surface area contributed by atoms with Crippen LogP contribution in [0.15, 0.2) is 47.8 Å². The first-order chi connectivity index (χ1) is 12.6. The third kappa shape index (κ3) is 5.06. The molecule has 144 valence electrons. The third-order valence-corrected chi connectivity index (χ3v) is 4.38. The van der Waals surface area contributed by atoms with Gasteiger partial charge in [-0.2, -0.15) is 26.3 Å². The highest BCUT2D eigenvalue weighted by molar-refractivity contribution is 7.98. The molecule has 0 aliphatic heterocycles. The van der Waals surface area contributed by atoms with E-state index in [9.17, 15) is 26.3 Å². The van der Waals surface area contributed by atoms with Crippen molar-refractivity contribution in [1.82, 2.24) is 14.6 Å². The fourth-order valence-electron chi connectivity index (χ4n) is 2.17. The lowest BCUT2D eigenvalue weighted by Crippen LogP contribution is -2.19. The van der Waals surface area contributed by atoms with Crippen LogP contribution in [0.25, 0.3) is 5.65 Å². The van der Waals surface area contributed by atoms with Crippen LogP contribution in [0.5, 0.6) is 5.75 Å². The smallest absolute Gasteiger partial charge is 0.422 e. The lowest BCUT2D eigenvalue weighted by Gasteiger charge is -2.10. The summed E-state index contributed by atoms with van der Waals surface area (Å²) in [4.78, 5) is 0. The van der Waals surface area contributed by atoms with Gasteiger partial charge in [0.05, 0.1) is 5.56 Å². The maximum Gasteiger partial charge on any atom is 0.422 e. The Hall–Kier alpha value is -2.43. The van der Waals surface area contributed by atoms with E-state index in [-0.39, 0.29) is 22.3 Å². The van der Waals surface area contributed by atoms with Gasteiger partial charge < -0.3 is 4.74 Å². The zero-order chi connectivity index (χ0) is 19.7. The first-order valence-corrected chi connectivity index (χ1v) is 8.44. The summed E-state index contributed by atoms with van der Waals surface area (Å²) in [5.41, 5.74) is 0.0513. The number of rotatable bonds is 5. The Morgan fingerprint density at radius 2 is 1.78 bits per heavy atom. The van der Waals surface area contributed by atoms with E-state index in [0.717, 1.165) is 24.0 Å². The molecule has 11 heteroatoms. The van der Waals surface area contributed by atoms with Gasteiger partial charge in [0, 0.05) is 11.9 Å². The summed E-state index contributed by atoms with van der Waals surface area (Å²) in [7, 11) is 0. The second kappa shape index (κ2) is 7.29. The topological polar surface area (TPSA) is 39.4 Å². The van der Waals surface area contributed by atoms with Crippen molar-refractivity contribution in [1.29, 1.82) is 0 Å². The molecule has 0 saturated carbocycles. The molecular formula is C16H11F6N3OS. The Bertz CT molecular complexity index is 938. The average Bonchev–Trinajstić information content (AvgIpc) is 2.99. The van der Waals surface area contributed by atoms with Crippen molar-refractivity contribution < 1.29 is 31.1 Å². The molecule has 4 nitrogen and oxygen atoms in total. The summed E-state index contributed by atoms with van der Waals surface area (Å²) in [5.74, 6) is 0.316. The van der Waals surface area contributed by atoms with Crippen molar-refractivity contribution in [3.63, 3.8) is 0 Å². The summed E-state index contributed by atoms with van der Waals surface area (Å²) < 4.78 is 81.1. The zero-order valence-corrected chi connectivity index (χ0v) is 14.2. The average molecular weight is 407 g/mol. The number of halogens is 6. The number of hydrogen-bond acceptors (Lipinski definition) is 4. The van der Waals surface area contributed by atoms with Gasteiger partial charge in [0.15, 0.2) is 17.4 Å². The summed E-state index contributed by atoms with van der Waals surface area (Å²) >= 11 is 1.11. The van der Waals surface area contributed by atoms with E-state index in [1.165, 1.54) is 28.7 Å². The molecule has 0 aliphatic carbocycles. The number of fused-ring (bicyclic) bond motifs is 1. The third-order valence-electron chi connectivity index (χ3n) is 3.37. The molecule has 0 radical (unpaired) electrons. The molecule has 27 heavy (non-hydrogen) atoms. The predicted molar refractivity (Wildman–Crippen MR) is 85.5 cm³/mol. The number of hydrogen-bond donors (Lipinski definition) is 0. The number of aromatic nitrogens is 3. The molecule has 0 bridgehead atoms. The van der Waals surface area contributed by atoms with Gasteiger partial charge in [0.1, 0.15) is 5.75 Å². The molecule has 2 aromatic heterocycles. The van der Waals surface area contributed by atoms with Crippen molar-refractivity contribution in [2.24, 2.45) is 0 Å². The molecule has 0 atom stereocenters. The van der Waals surface area contributed by atoms with Gasteiger partial charge in [0.25, 0.3) is 0 Å². The van der Waals surface area contributed by atoms with E-state index in [1.807, 2.05) is 0 Å².